The first-order valence-electron chi connectivity index (χ1n) is 7.91. The summed E-state index contributed by atoms with van der Waals surface area (Å²) in [6, 6.07) is 5.39. The van der Waals surface area contributed by atoms with Crippen LogP contribution >= 0.6 is 11.3 Å². The molecule has 2 aromatic rings. The average Bonchev–Trinajstić information content (AvgIpc) is 3.01. The van der Waals surface area contributed by atoms with Crippen molar-refractivity contribution in [2.45, 2.75) is 26.8 Å². The van der Waals surface area contributed by atoms with Gasteiger partial charge in [-0.2, -0.15) is 0 Å². The molecule has 1 aliphatic rings. The molecule has 0 radical (unpaired) electrons. The van der Waals surface area contributed by atoms with Crippen LogP contribution in [0.2, 0.25) is 0 Å². The normalized spacial score (nSPS) is 14.3. The summed E-state index contributed by atoms with van der Waals surface area (Å²) >= 11 is 1.23. The average molecular weight is 371 g/mol. The molecule has 1 aliphatic heterocycles. The number of nitrogens with two attached hydrogens (primary N) is 1. The Morgan fingerprint density at radius 3 is 2.15 bits per heavy atom. The number of hydrogen-bond acceptors (Lipinski definition) is 5. The number of amides is 4. The number of fused-ring (bicyclic) bond motifs is 1. The number of nitrogens with one attached hydrogen (secondary N) is 1. The van der Waals surface area contributed by atoms with Crippen LogP contribution in [0.5, 0.6) is 0 Å². The third-order valence-electron chi connectivity index (χ3n) is 4.46. The third-order valence-corrected chi connectivity index (χ3v) is 5.58. The molecule has 7 nitrogen and oxygen atoms in total. The van der Waals surface area contributed by atoms with E-state index in [-0.39, 0.29) is 16.7 Å². The van der Waals surface area contributed by atoms with Crippen molar-refractivity contribution in [2.24, 2.45) is 5.73 Å². The highest BCUT2D eigenvalue weighted by Gasteiger charge is 2.40. The van der Waals surface area contributed by atoms with Gasteiger partial charge in [0.15, 0.2) is 0 Å². The number of primary amides is 1. The number of imide groups is 1. The Labute approximate surface area is 153 Å². The van der Waals surface area contributed by atoms with E-state index in [1.165, 1.54) is 18.3 Å². The fourth-order valence-corrected chi connectivity index (χ4v) is 3.97. The Hall–Kier alpha value is -3.00. The van der Waals surface area contributed by atoms with Crippen molar-refractivity contribution in [1.82, 2.24) is 4.90 Å². The first kappa shape index (κ1) is 17.8. The minimum Gasteiger partial charge on any atom is -0.365 e. The molecule has 0 fully saturated rings. The highest BCUT2D eigenvalue weighted by atomic mass is 32.1. The monoisotopic (exact) mass is 371 g/mol. The number of rotatable bonds is 4. The number of nitrogens with zero attached hydrogens (tertiary/aromatic N) is 1. The summed E-state index contributed by atoms with van der Waals surface area (Å²) in [4.78, 5) is 51.1. The summed E-state index contributed by atoms with van der Waals surface area (Å²) in [7, 11) is 0. The van der Waals surface area contributed by atoms with E-state index >= 15 is 0 Å². The highest BCUT2D eigenvalue weighted by Crippen LogP contribution is 2.32. The van der Waals surface area contributed by atoms with Gasteiger partial charge in [0, 0.05) is 4.88 Å². The molecular weight excluding hydrogens is 354 g/mol. The van der Waals surface area contributed by atoms with E-state index in [0.717, 1.165) is 9.78 Å². The van der Waals surface area contributed by atoms with Crippen molar-refractivity contribution >= 4 is 40.0 Å². The molecule has 8 heteroatoms. The molecule has 3 rings (SSSR count). The fraction of sp³-hybridized carbons (Fsp3) is 0.222. The van der Waals surface area contributed by atoms with Crippen molar-refractivity contribution in [1.29, 1.82) is 0 Å². The molecule has 0 saturated carbocycles. The Bertz CT molecular complexity index is 928. The van der Waals surface area contributed by atoms with Gasteiger partial charge < -0.3 is 11.1 Å². The van der Waals surface area contributed by atoms with Crippen LogP contribution in [-0.4, -0.2) is 34.6 Å². The number of aryl methyl sites for hydroxylation is 1. The zero-order valence-electron chi connectivity index (χ0n) is 14.5. The molecular formula is C18H17N3O4S. The lowest BCUT2D eigenvalue weighted by molar-refractivity contribution is -0.119. The van der Waals surface area contributed by atoms with Crippen molar-refractivity contribution < 1.29 is 19.2 Å². The Morgan fingerprint density at radius 1 is 1.12 bits per heavy atom. The predicted octanol–water partition coefficient (Wildman–Crippen LogP) is 2.09. The van der Waals surface area contributed by atoms with Gasteiger partial charge in [0.2, 0.25) is 5.91 Å². The van der Waals surface area contributed by atoms with E-state index in [4.69, 9.17) is 5.73 Å². The Balaban J connectivity index is 1.86. The molecule has 0 saturated heterocycles. The van der Waals surface area contributed by atoms with Crippen LogP contribution in [0.25, 0.3) is 0 Å². The van der Waals surface area contributed by atoms with Gasteiger partial charge in [0.1, 0.15) is 11.0 Å². The van der Waals surface area contributed by atoms with Gasteiger partial charge in [-0.3, -0.25) is 24.1 Å². The zero-order chi connectivity index (χ0) is 19.2. The number of benzene rings is 1. The number of hydrogen-bond donors (Lipinski definition) is 2. The molecule has 134 valence electrons. The van der Waals surface area contributed by atoms with Crippen LogP contribution in [0.15, 0.2) is 24.3 Å². The van der Waals surface area contributed by atoms with Gasteiger partial charge in [-0.15, -0.1) is 11.3 Å². The topological polar surface area (TPSA) is 110 Å². The second-order valence-corrected chi connectivity index (χ2v) is 7.27. The molecule has 3 N–H and O–H groups in total. The van der Waals surface area contributed by atoms with E-state index in [2.05, 4.69) is 5.32 Å². The summed E-state index contributed by atoms with van der Waals surface area (Å²) in [5.41, 5.74) is 6.90. The summed E-state index contributed by atoms with van der Waals surface area (Å²) < 4.78 is 0. The van der Waals surface area contributed by atoms with Crippen LogP contribution in [0, 0.1) is 13.8 Å². The van der Waals surface area contributed by atoms with Gasteiger partial charge in [-0.05, 0) is 38.5 Å². The summed E-state index contributed by atoms with van der Waals surface area (Å²) in [6.45, 7) is 5.03. The quantitative estimate of drug-likeness (QED) is 0.802. The smallest absolute Gasteiger partial charge is 0.262 e. The maximum atomic E-state index is 12.6. The molecule has 0 bridgehead atoms. The molecule has 2 heterocycles. The van der Waals surface area contributed by atoms with Crippen LogP contribution < -0.4 is 11.1 Å². The first-order valence-corrected chi connectivity index (χ1v) is 8.73. The van der Waals surface area contributed by atoms with Crippen LogP contribution in [0.1, 0.15) is 48.4 Å². The van der Waals surface area contributed by atoms with Crippen molar-refractivity contribution in [3.05, 3.63) is 51.4 Å². The summed E-state index contributed by atoms with van der Waals surface area (Å²) in [5, 5.41) is 2.95. The molecule has 1 atom stereocenters. The van der Waals surface area contributed by atoms with Crippen LogP contribution in [-0.2, 0) is 4.79 Å². The molecule has 0 aliphatic carbocycles. The first-order chi connectivity index (χ1) is 12.2. The number of thiophene rings is 1. The molecule has 26 heavy (non-hydrogen) atoms. The second-order valence-electron chi connectivity index (χ2n) is 6.04. The molecule has 1 unspecified atom stereocenters. The minimum absolute atomic E-state index is 0.246. The maximum Gasteiger partial charge on any atom is 0.262 e. The standard InChI is InChI=1S/C18H17N3O4S/c1-8-10(3)26-16(13(8)14(19)22)20-15(23)9(2)21-17(24)11-6-4-5-7-12(11)18(21)25/h4-7,9H,1-3H3,(H2,19,22)(H,20,23). The van der Waals surface area contributed by atoms with Gasteiger partial charge >= 0.3 is 0 Å². The van der Waals surface area contributed by atoms with Crippen LogP contribution in [0.4, 0.5) is 5.00 Å². The van der Waals surface area contributed by atoms with E-state index in [9.17, 15) is 19.2 Å². The van der Waals surface area contributed by atoms with Crippen molar-refractivity contribution in [2.75, 3.05) is 5.32 Å². The van der Waals surface area contributed by atoms with Crippen molar-refractivity contribution in [3.8, 4) is 0 Å². The summed E-state index contributed by atoms with van der Waals surface area (Å²) in [5.74, 6) is -2.23. The lowest BCUT2D eigenvalue weighted by atomic mass is 10.1. The third kappa shape index (κ3) is 2.68. The summed E-state index contributed by atoms with van der Waals surface area (Å²) in [6.07, 6.45) is 0. The largest absolute Gasteiger partial charge is 0.365 e. The van der Waals surface area contributed by atoms with E-state index < -0.39 is 29.7 Å². The van der Waals surface area contributed by atoms with E-state index in [1.54, 1.807) is 31.2 Å². The van der Waals surface area contributed by atoms with Gasteiger partial charge in [0.25, 0.3) is 17.7 Å². The zero-order valence-corrected chi connectivity index (χ0v) is 15.3. The van der Waals surface area contributed by atoms with Gasteiger partial charge in [0.05, 0.1) is 16.7 Å². The van der Waals surface area contributed by atoms with Crippen molar-refractivity contribution in [3.63, 3.8) is 0 Å². The molecule has 1 aromatic heterocycles. The Kier molecular flexibility index (Phi) is 4.37. The molecule has 1 aromatic carbocycles. The SMILES string of the molecule is Cc1sc(NC(=O)C(C)N2C(=O)c3ccccc3C2=O)c(C(N)=O)c1C. The molecule has 0 spiro atoms. The molecule has 4 amide bonds. The minimum atomic E-state index is -1.04. The maximum absolute atomic E-state index is 12.6. The number of anilines is 1. The van der Waals surface area contributed by atoms with Crippen LogP contribution in [0.3, 0.4) is 0 Å². The lowest BCUT2D eigenvalue weighted by Gasteiger charge is -2.21. The number of carbonyl (C=O) groups is 4. The van der Waals surface area contributed by atoms with E-state index in [1.807, 2.05) is 6.92 Å². The predicted molar refractivity (Wildman–Crippen MR) is 97.3 cm³/mol. The van der Waals surface area contributed by atoms with Gasteiger partial charge in [-0.1, -0.05) is 12.1 Å². The lowest BCUT2D eigenvalue weighted by Crippen LogP contribution is -2.45. The second kappa shape index (κ2) is 6.38. The fourth-order valence-electron chi connectivity index (χ4n) is 2.90. The highest BCUT2D eigenvalue weighted by molar-refractivity contribution is 7.16. The van der Waals surface area contributed by atoms with Gasteiger partial charge in [-0.25, -0.2) is 0 Å². The number of carbonyl (C=O) groups excluding carboxylic acids is 4. The Morgan fingerprint density at radius 2 is 1.65 bits per heavy atom. The van der Waals surface area contributed by atoms with E-state index in [0.29, 0.717) is 10.6 Å².